The molecule has 0 bridgehead atoms. The van der Waals surface area contributed by atoms with E-state index >= 15 is 0 Å². The highest BCUT2D eigenvalue weighted by Gasteiger charge is 2.22. The molecule has 0 spiro atoms. The molecular formula is C11H10ClN5O2. The van der Waals surface area contributed by atoms with Gasteiger partial charge in [0, 0.05) is 17.8 Å². The fraction of sp³-hybridized carbons (Fsp3) is 0.0909. The van der Waals surface area contributed by atoms with Gasteiger partial charge in [0.1, 0.15) is 6.33 Å². The number of hydrogen-bond acceptors (Lipinski definition) is 6. The molecule has 2 N–H and O–H groups in total. The van der Waals surface area contributed by atoms with Crippen LogP contribution in [0.25, 0.3) is 0 Å². The van der Waals surface area contributed by atoms with E-state index in [1.807, 2.05) is 0 Å². The Kier molecular flexibility index (Phi) is 3.76. The number of anilines is 3. The average molecular weight is 280 g/mol. The average Bonchev–Trinajstić information content (AvgIpc) is 2.38. The van der Waals surface area contributed by atoms with E-state index in [9.17, 15) is 10.1 Å². The zero-order chi connectivity index (χ0) is 13.8. The van der Waals surface area contributed by atoms with Crippen molar-refractivity contribution in [3.8, 4) is 0 Å². The summed E-state index contributed by atoms with van der Waals surface area (Å²) in [7, 11) is 1.55. The zero-order valence-electron chi connectivity index (χ0n) is 9.92. The van der Waals surface area contributed by atoms with Crippen LogP contribution >= 0.6 is 11.6 Å². The normalized spacial score (nSPS) is 10.0. The topological polar surface area (TPSA) is 93.0 Å². The van der Waals surface area contributed by atoms with Crippen LogP contribution in [0.4, 0.5) is 23.0 Å². The van der Waals surface area contributed by atoms with Gasteiger partial charge in [-0.3, -0.25) is 10.1 Å². The first-order valence-electron chi connectivity index (χ1n) is 5.31. The predicted molar refractivity (Wildman–Crippen MR) is 73.0 cm³/mol. The van der Waals surface area contributed by atoms with Crippen molar-refractivity contribution in [3.63, 3.8) is 0 Å². The second-order valence-corrected chi connectivity index (χ2v) is 4.00. The van der Waals surface area contributed by atoms with Crippen LogP contribution in [0.5, 0.6) is 0 Å². The molecule has 8 heteroatoms. The maximum Gasteiger partial charge on any atom is 0.353 e. The molecule has 0 fully saturated rings. The van der Waals surface area contributed by atoms with Crippen LogP contribution in [0.3, 0.4) is 0 Å². The van der Waals surface area contributed by atoms with Crippen molar-refractivity contribution in [1.82, 2.24) is 9.97 Å². The Morgan fingerprint density at radius 1 is 1.32 bits per heavy atom. The van der Waals surface area contributed by atoms with Crippen molar-refractivity contribution in [1.29, 1.82) is 0 Å². The van der Waals surface area contributed by atoms with Gasteiger partial charge in [-0.05, 0) is 18.2 Å². The Balaban J connectivity index is 2.42. The molecule has 7 nitrogen and oxygen atoms in total. The van der Waals surface area contributed by atoms with Gasteiger partial charge in [-0.2, -0.15) is 0 Å². The second kappa shape index (κ2) is 5.49. The Hall–Kier alpha value is -2.41. The lowest BCUT2D eigenvalue weighted by molar-refractivity contribution is -0.383. The fourth-order valence-electron chi connectivity index (χ4n) is 1.53. The van der Waals surface area contributed by atoms with Crippen molar-refractivity contribution in [2.45, 2.75) is 0 Å². The summed E-state index contributed by atoms with van der Waals surface area (Å²) >= 11 is 5.85. The maximum atomic E-state index is 11.1. The molecule has 0 aliphatic heterocycles. The molecular weight excluding hydrogens is 270 g/mol. The molecule has 0 atom stereocenters. The molecule has 1 aromatic carbocycles. The summed E-state index contributed by atoms with van der Waals surface area (Å²) in [5.74, 6) is 0.246. The van der Waals surface area contributed by atoms with Crippen LogP contribution < -0.4 is 10.6 Å². The predicted octanol–water partition coefficient (Wildman–Crippen LogP) is 2.82. The number of halogens is 1. The lowest BCUT2D eigenvalue weighted by Gasteiger charge is -2.08. The van der Waals surface area contributed by atoms with E-state index in [2.05, 4.69) is 20.6 Å². The molecule has 2 rings (SSSR count). The van der Waals surface area contributed by atoms with E-state index in [0.717, 1.165) is 0 Å². The van der Waals surface area contributed by atoms with Gasteiger partial charge in [0.15, 0.2) is 0 Å². The quantitative estimate of drug-likeness (QED) is 0.660. The van der Waals surface area contributed by atoms with Crippen LogP contribution in [0.15, 0.2) is 30.6 Å². The summed E-state index contributed by atoms with van der Waals surface area (Å²) in [6, 6.07) is 6.82. The van der Waals surface area contributed by atoms with Crippen molar-refractivity contribution in [3.05, 3.63) is 45.7 Å². The number of rotatable bonds is 4. The number of hydrogen-bond donors (Lipinski definition) is 2. The van der Waals surface area contributed by atoms with Crippen molar-refractivity contribution >= 4 is 34.6 Å². The van der Waals surface area contributed by atoms with Crippen LogP contribution in [-0.4, -0.2) is 21.9 Å². The number of benzene rings is 1. The van der Waals surface area contributed by atoms with Crippen molar-refractivity contribution < 1.29 is 4.92 Å². The van der Waals surface area contributed by atoms with Gasteiger partial charge >= 0.3 is 5.69 Å². The van der Waals surface area contributed by atoms with E-state index in [1.54, 1.807) is 31.3 Å². The third-order valence-corrected chi connectivity index (χ3v) is 2.56. The molecule has 2 aromatic rings. The highest BCUT2D eigenvalue weighted by molar-refractivity contribution is 6.30. The Morgan fingerprint density at radius 2 is 2.05 bits per heavy atom. The summed E-state index contributed by atoms with van der Waals surface area (Å²) in [6.45, 7) is 0. The minimum Gasteiger partial charge on any atom is -0.367 e. The Morgan fingerprint density at radius 3 is 2.68 bits per heavy atom. The van der Waals surface area contributed by atoms with Gasteiger partial charge in [0.25, 0.3) is 0 Å². The van der Waals surface area contributed by atoms with Gasteiger partial charge in [-0.1, -0.05) is 17.7 Å². The number of nitrogens with one attached hydrogen (secondary N) is 2. The third kappa shape index (κ3) is 2.89. The van der Waals surface area contributed by atoms with Gasteiger partial charge in [-0.25, -0.2) is 9.97 Å². The van der Waals surface area contributed by atoms with Gasteiger partial charge in [-0.15, -0.1) is 0 Å². The number of nitro groups is 1. The summed E-state index contributed by atoms with van der Waals surface area (Å²) in [4.78, 5) is 18.2. The van der Waals surface area contributed by atoms with Gasteiger partial charge in [0.05, 0.1) is 4.92 Å². The summed E-state index contributed by atoms with van der Waals surface area (Å²) < 4.78 is 0. The molecule has 0 aliphatic rings. The van der Waals surface area contributed by atoms with E-state index in [0.29, 0.717) is 10.7 Å². The fourth-order valence-corrected chi connectivity index (χ4v) is 1.72. The summed E-state index contributed by atoms with van der Waals surface area (Å²) in [5, 5.41) is 17.1. The van der Waals surface area contributed by atoms with Crippen LogP contribution in [0.1, 0.15) is 0 Å². The Bertz CT molecular complexity index is 620. The highest BCUT2D eigenvalue weighted by Crippen LogP contribution is 2.31. The standard InChI is InChI=1S/C11H10ClN5O2/c1-13-10-9(17(18)19)11(15-6-14-10)16-8-4-2-3-7(12)5-8/h2-6H,1H3,(H2,13,14,15,16). The molecule has 1 aromatic heterocycles. The van der Waals surface area contributed by atoms with Gasteiger partial charge in [0.2, 0.25) is 11.6 Å². The first-order chi connectivity index (χ1) is 9.11. The Labute approximate surface area is 113 Å². The van der Waals surface area contributed by atoms with Crippen molar-refractivity contribution in [2.75, 3.05) is 17.7 Å². The first kappa shape index (κ1) is 13.0. The van der Waals surface area contributed by atoms with Crippen LogP contribution in [0, 0.1) is 10.1 Å². The minimum atomic E-state index is -0.543. The number of nitrogens with zero attached hydrogens (tertiary/aromatic N) is 3. The first-order valence-corrected chi connectivity index (χ1v) is 5.69. The molecule has 0 unspecified atom stereocenters. The van der Waals surface area contributed by atoms with Crippen LogP contribution in [-0.2, 0) is 0 Å². The van der Waals surface area contributed by atoms with E-state index < -0.39 is 4.92 Å². The molecule has 0 amide bonds. The van der Waals surface area contributed by atoms with Gasteiger partial charge < -0.3 is 10.6 Å². The molecule has 0 saturated heterocycles. The van der Waals surface area contributed by atoms with Crippen LogP contribution in [0.2, 0.25) is 5.02 Å². The SMILES string of the molecule is CNc1ncnc(Nc2cccc(Cl)c2)c1[N+](=O)[O-]. The second-order valence-electron chi connectivity index (χ2n) is 3.56. The zero-order valence-corrected chi connectivity index (χ0v) is 10.7. The van der Waals surface area contributed by atoms with E-state index in [4.69, 9.17) is 11.6 Å². The highest BCUT2D eigenvalue weighted by atomic mass is 35.5. The largest absolute Gasteiger partial charge is 0.367 e. The monoisotopic (exact) mass is 279 g/mol. The van der Waals surface area contributed by atoms with E-state index in [1.165, 1.54) is 6.33 Å². The number of aromatic nitrogens is 2. The lowest BCUT2D eigenvalue weighted by atomic mass is 10.3. The molecule has 1 heterocycles. The molecule has 0 radical (unpaired) electrons. The summed E-state index contributed by atoms with van der Waals surface area (Å²) in [6.07, 6.45) is 1.24. The third-order valence-electron chi connectivity index (χ3n) is 2.33. The van der Waals surface area contributed by atoms with Crippen molar-refractivity contribution in [2.24, 2.45) is 0 Å². The summed E-state index contributed by atoms with van der Waals surface area (Å²) in [5.41, 5.74) is 0.390. The lowest BCUT2D eigenvalue weighted by Crippen LogP contribution is -2.05. The minimum absolute atomic E-state index is 0.103. The van der Waals surface area contributed by atoms with E-state index in [-0.39, 0.29) is 17.3 Å². The maximum absolute atomic E-state index is 11.1. The molecule has 19 heavy (non-hydrogen) atoms. The molecule has 98 valence electrons. The molecule has 0 aliphatic carbocycles. The smallest absolute Gasteiger partial charge is 0.353 e. The molecule has 0 saturated carbocycles.